The lowest BCUT2D eigenvalue weighted by Gasteiger charge is -2.35. The molecule has 10 nitrogen and oxygen atoms in total. The van der Waals surface area contributed by atoms with Gasteiger partial charge in [-0.25, -0.2) is 24.3 Å². The lowest BCUT2D eigenvalue weighted by atomic mass is 10.1. The van der Waals surface area contributed by atoms with Gasteiger partial charge in [-0.2, -0.15) is 5.26 Å². The first-order valence-corrected chi connectivity index (χ1v) is 13.4. The Hall–Kier alpha value is -4.73. The number of aromatic nitrogens is 5. The molecule has 0 saturated carbocycles. The number of aliphatic hydroxyl groups excluding tert-OH is 1. The third-order valence-corrected chi connectivity index (χ3v) is 7.80. The van der Waals surface area contributed by atoms with Gasteiger partial charge in [0, 0.05) is 55.4 Å². The molecule has 1 aliphatic heterocycles. The number of aliphatic hydroxyl groups is 1. The van der Waals surface area contributed by atoms with Crippen molar-refractivity contribution in [2.24, 2.45) is 0 Å². The number of hydrogen-bond donors (Lipinski definition) is 1. The maximum absolute atomic E-state index is 13.5. The number of carbonyl (C=O) groups excluding carboxylic acids is 1. The fourth-order valence-electron chi connectivity index (χ4n) is 4.62. The predicted octanol–water partition coefficient (Wildman–Crippen LogP) is 4.07. The number of carbonyl (C=O) groups is 1. The van der Waals surface area contributed by atoms with Gasteiger partial charge in [-0.05, 0) is 42.8 Å². The molecule has 1 fully saturated rings. The maximum atomic E-state index is 13.5. The smallest absolute Gasteiger partial charge is 0.291 e. The van der Waals surface area contributed by atoms with Gasteiger partial charge in [0.15, 0.2) is 5.13 Å². The van der Waals surface area contributed by atoms with Gasteiger partial charge < -0.3 is 14.9 Å². The van der Waals surface area contributed by atoms with Gasteiger partial charge in [-0.15, -0.1) is 0 Å². The molecule has 1 N–H and O–H groups in total. The molecule has 4 aromatic heterocycles. The molecule has 0 atom stereocenters. The Bertz CT molecular complexity index is 1770. The standard InChI is InChI=1S/C28H23FN8O2S/c1-3-21-26(35(2)28-34-24(22(10-30)40-28)16-4-7-19(29)8-5-16)37-13-17(6-9-23(37)33-21)18-11-31-25(32-12-18)27(39)36-14-20(38)15-36/h4-9,11-13,20,38H,3,14-15H2,1-2H3. The number of halogens is 1. The van der Waals surface area contributed by atoms with E-state index in [0.717, 1.165) is 28.3 Å². The average molecular weight is 555 g/mol. The van der Waals surface area contributed by atoms with Crippen molar-refractivity contribution in [3.63, 3.8) is 0 Å². The van der Waals surface area contributed by atoms with E-state index in [1.165, 1.54) is 28.4 Å². The van der Waals surface area contributed by atoms with Crippen LogP contribution in [0.5, 0.6) is 0 Å². The van der Waals surface area contributed by atoms with Gasteiger partial charge in [-0.3, -0.25) is 9.20 Å². The third kappa shape index (κ3) is 4.45. The van der Waals surface area contributed by atoms with E-state index in [-0.39, 0.29) is 30.6 Å². The van der Waals surface area contributed by atoms with Crippen LogP contribution in [-0.2, 0) is 6.42 Å². The minimum atomic E-state index is -0.490. The predicted molar refractivity (Wildman–Crippen MR) is 148 cm³/mol. The van der Waals surface area contributed by atoms with Gasteiger partial charge >= 0.3 is 0 Å². The number of benzene rings is 1. The number of pyridine rings is 1. The summed E-state index contributed by atoms with van der Waals surface area (Å²) < 4.78 is 15.4. The number of nitriles is 1. The summed E-state index contributed by atoms with van der Waals surface area (Å²) in [6, 6.07) is 12.0. The zero-order valence-electron chi connectivity index (χ0n) is 21.6. The third-order valence-electron chi connectivity index (χ3n) is 6.76. The van der Waals surface area contributed by atoms with Gasteiger partial charge in [0.2, 0.25) is 5.82 Å². The number of nitrogens with zero attached hydrogens (tertiary/aromatic N) is 8. The molecule has 5 aromatic rings. The fraction of sp³-hybridized carbons (Fsp3) is 0.214. The number of fused-ring (bicyclic) bond motifs is 1. The molecule has 0 unspecified atom stereocenters. The number of aryl methyl sites for hydroxylation is 1. The second kappa shape index (κ2) is 10.1. The largest absolute Gasteiger partial charge is 0.389 e. The molecule has 1 amide bonds. The highest BCUT2D eigenvalue weighted by atomic mass is 32.1. The van der Waals surface area contributed by atoms with E-state index in [0.29, 0.717) is 27.7 Å². The number of hydrogen-bond acceptors (Lipinski definition) is 9. The van der Waals surface area contributed by atoms with E-state index >= 15 is 0 Å². The number of imidazole rings is 1. The van der Waals surface area contributed by atoms with E-state index in [2.05, 4.69) is 16.0 Å². The highest BCUT2D eigenvalue weighted by molar-refractivity contribution is 7.16. The number of β-amino-alcohol motifs (C(OH)–C–C–N with tert-alkyl or cyclic N) is 1. The average Bonchev–Trinajstić information content (AvgIpc) is 3.56. The van der Waals surface area contributed by atoms with Crippen molar-refractivity contribution in [2.75, 3.05) is 25.0 Å². The quantitative estimate of drug-likeness (QED) is 0.333. The second-order valence-corrected chi connectivity index (χ2v) is 10.4. The molecule has 1 aliphatic rings. The number of thiazole rings is 1. The SMILES string of the molecule is CCc1nc2ccc(-c3cnc(C(=O)N4CC(O)C4)nc3)cn2c1N(C)c1nc(-c2ccc(F)cc2)c(C#N)s1. The molecule has 6 rings (SSSR count). The zero-order chi connectivity index (χ0) is 28.0. The van der Waals surface area contributed by atoms with Crippen molar-refractivity contribution in [1.82, 2.24) is 29.2 Å². The van der Waals surface area contributed by atoms with Crippen LogP contribution in [0.25, 0.3) is 28.0 Å². The van der Waals surface area contributed by atoms with Crippen molar-refractivity contribution < 1.29 is 14.3 Å². The number of likely N-dealkylation sites (tertiary alicyclic amines) is 1. The topological polar surface area (TPSA) is 124 Å². The molecule has 0 bridgehead atoms. The monoisotopic (exact) mass is 554 g/mol. The summed E-state index contributed by atoms with van der Waals surface area (Å²) in [4.78, 5) is 34.4. The van der Waals surface area contributed by atoms with Crippen LogP contribution < -0.4 is 4.90 Å². The van der Waals surface area contributed by atoms with E-state index in [9.17, 15) is 19.6 Å². The lowest BCUT2D eigenvalue weighted by molar-refractivity contribution is 0.00508. The van der Waals surface area contributed by atoms with E-state index in [1.807, 2.05) is 41.6 Å². The van der Waals surface area contributed by atoms with Gasteiger partial charge in [-0.1, -0.05) is 18.3 Å². The molecule has 40 heavy (non-hydrogen) atoms. The Labute approximate surface area is 232 Å². The number of rotatable bonds is 6. The Morgan fingerprint density at radius 2 is 1.82 bits per heavy atom. The highest BCUT2D eigenvalue weighted by Crippen LogP contribution is 2.37. The molecule has 12 heteroatoms. The minimum absolute atomic E-state index is 0.0853. The van der Waals surface area contributed by atoms with Crippen molar-refractivity contribution in [3.05, 3.63) is 77.2 Å². The molecule has 0 radical (unpaired) electrons. The normalized spacial score (nSPS) is 13.3. The van der Waals surface area contributed by atoms with Crippen LogP contribution >= 0.6 is 11.3 Å². The molecular weight excluding hydrogens is 531 g/mol. The molecule has 0 spiro atoms. The molecular formula is C28H23FN8O2S. The van der Waals surface area contributed by atoms with E-state index in [4.69, 9.17) is 9.97 Å². The van der Waals surface area contributed by atoms with Crippen LogP contribution in [-0.4, -0.2) is 66.5 Å². The summed E-state index contributed by atoms with van der Waals surface area (Å²) in [6.07, 6.45) is 5.32. The first-order valence-electron chi connectivity index (χ1n) is 12.6. The second-order valence-electron chi connectivity index (χ2n) is 9.39. The van der Waals surface area contributed by atoms with Crippen LogP contribution in [0.15, 0.2) is 55.0 Å². The van der Waals surface area contributed by atoms with Gasteiger partial charge in [0.05, 0.1) is 11.8 Å². The van der Waals surface area contributed by atoms with E-state index < -0.39 is 6.10 Å². The summed E-state index contributed by atoms with van der Waals surface area (Å²) >= 11 is 1.25. The Morgan fingerprint density at radius 3 is 2.48 bits per heavy atom. The zero-order valence-corrected chi connectivity index (χ0v) is 22.4. The highest BCUT2D eigenvalue weighted by Gasteiger charge is 2.31. The van der Waals surface area contributed by atoms with Crippen LogP contribution in [0.1, 0.15) is 28.1 Å². The van der Waals surface area contributed by atoms with Crippen LogP contribution in [0.3, 0.4) is 0 Å². The Kier molecular flexibility index (Phi) is 6.45. The van der Waals surface area contributed by atoms with Crippen LogP contribution in [0.2, 0.25) is 0 Å². The van der Waals surface area contributed by atoms with Gasteiger partial charge in [0.25, 0.3) is 5.91 Å². The maximum Gasteiger partial charge on any atom is 0.291 e. The molecule has 1 saturated heterocycles. The lowest BCUT2D eigenvalue weighted by Crippen LogP contribution is -2.53. The first-order chi connectivity index (χ1) is 19.4. The van der Waals surface area contributed by atoms with Crippen LogP contribution in [0, 0.1) is 17.1 Å². The van der Waals surface area contributed by atoms with Crippen molar-refractivity contribution in [1.29, 1.82) is 5.26 Å². The Balaban J connectivity index is 1.35. The number of amides is 1. The van der Waals surface area contributed by atoms with Crippen molar-refractivity contribution in [2.45, 2.75) is 19.4 Å². The van der Waals surface area contributed by atoms with Crippen molar-refractivity contribution in [3.8, 4) is 28.5 Å². The Morgan fingerprint density at radius 1 is 1.12 bits per heavy atom. The summed E-state index contributed by atoms with van der Waals surface area (Å²) in [6.45, 7) is 2.60. The molecule has 200 valence electrons. The minimum Gasteiger partial charge on any atom is -0.389 e. The summed E-state index contributed by atoms with van der Waals surface area (Å²) in [5, 5.41) is 19.8. The number of anilines is 2. The molecule has 5 heterocycles. The first kappa shape index (κ1) is 25.5. The summed E-state index contributed by atoms with van der Waals surface area (Å²) in [5.41, 5.74) is 4.30. The fourth-order valence-corrected chi connectivity index (χ4v) is 5.47. The summed E-state index contributed by atoms with van der Waals surface area (Å²) in [7, 11) is 1.87. The van der Waals surface area contributed by atoms with E-state index in [1.54, 1.807) is 24.5 Å². The molecule has 0 aliphatic carbocycles. The van der Waals surface area contributed by atoms with Gasteiger partial charge in [0.1, 0.15) is 33.9 Å². The molecule has 1 aromatic carbocycles. The summed E-state index contributed by atoms with van der Waals surface area (Å²) in [5.74, 6) is 0.222. The van der Waals surface area contributed by atoms with Crippen molar-refractivity contribution >= 4 is 33.8 Å². The van der Waals surface area contributed by atoms with Crippen LogP contribution in [0.4, 0.5) is 15.3 Å².